The second kappa shape index (κ2) is 8.16. The topological polar surface area (TPSA) is 72.9 Å². The number of esters is 1. The highest BCUT2D eigenvalue weighted by Gasteiger charge is 2.36. The van der Waals surface area contributed by atoms with Crippen LogP contribution in [-0.2, 0) is 14.3 Å². The van der Waals surface area contributed by atoms with Gasteiger partial charge in [-0.3, -0.25) is 19.3 Å². The van der Waals surface area contributed by atoms with Gasteiger partial charge in [0.05, 0.1) is 12.0 Å². The number of methoxy groups -OCH3 is 1. The van der Waals surface area contributed by atoms with E-state index in [1.165, 1.54) is 7.11 Å². The van der Waals surface area contributed by atoms with Crippen LogP contribution in [0.1, 0.15) is 5.56 Å². The number of hydrogen-bond acceptors (Lipinski definition) is 6. The molecule has 1 saturated heterocycles. The SMILES string of the molecule is C=CCOc1ccc(Br)cc1/C=C1\SC(=O)N(CC(=O)OC)C1=O. The van der Waals surface area contributed by atoms with Gasteiger partial charge < -0.3 is 9.47 Å². The minimum atomic E-state index is -0.656. The van der Waals surface area contributed by atoms with Crippen LogP contribution in [0.3, 0.4) is 0 Å². The van der Waals surface area contributed by atoms with E-state index in [0.717, 1.165) is 21.1 Å². The minimum Gasteiger partial charge on any atom is -0.489 e. The van der Waals surface area contributed by atoms with E-state index in [0.29, 0.717) is 17.9 Å². The maximum Gasteiger partial charge on any atom is 0.325 e. The molecule has 0 aromatic heterocycles. The van der Waals surface area contributed by atoms with Gasteiger partial charge in [0.15, 0.2) is 0 Å². The van der Waals surface area contributed by atoms with Crippen LogP contribution in [0.25, 0.3) is 6.08 Å². The zero-order valence-corrected chi connectivity index (χ0v) is 15.2. The Bertz CT molecular complexity index is 731. The van der Waals surface area contributed by atoms with Gasteiger partial charge in [0.25, 0.3) is 11.1 Å². The van der Waals surface area contributed by atoms with Gasteiger partial charge in [0.2, 0.25) is 0 Å². The number of imide groups is 1. The van der Waals surface area contributed by atoms with Gasteiger partial charge in [-0.2, -0.15) is 0 Å². The predicted molar refractivity (Wildman–Crippen MR) is 94.5 cm³/mol. The van der Waals surface area contributed by atoms with E-state index in [-0.39, 0.29) is 4.91 Å². The molecule has 24 heavy (non-hydrogen) atoms. The molecule has 0 radical (unpaired) electrons. The molecule has 1 aromatic carbocycles. The molecular weight excluding hydrogens is 398 g/mol. The number of ether oxygens (including phenoxy) is 2. The summed E-state index contributed by atoms with van der Waals surface area (Å²) >= 11 is 4.13. The van der Waals surface area contributed by atoms with Crippen molar-refractivity contribution in [1.29, 1.82) is 0 Å². The first-order chi connectivity index (χ1) is 11.5. The Kier molecular flexibility index (Phi) is 6.22. The number of carbonyl (C=O) groups is 3. The summed E-state index contributed by atoms with van der Waals surface area (Å²) in [6.45, 7) is 3.50. The Morgan fingerprint density at radius 1 is 1.42 bits per heavy atom. The van der Waals surface area contributed by atoms with Gasteiger partial charge in [0.1, 0.15) is 18.9 Å². The molecule has 1 aliphatic heterocycles. The molecule has 2 amide bonds. The summed E-state index contributed by atoms with van der Waals surface area (Å²) in [5.74, 6) is -0.640. The Hall–Kier alpha value is -2.06. The first-order valence-corrected chi connectivity index (χ1v) is 8.42. The van der Waals surface area contributed by atoms with Gasteiger partial charge in [0, 0.05) is 10.0 Å². The van der Waals surface area contributed by atoms with Crippen molar-refractivity contribution in [3.63, 3.8) is 0 Å². The lowest BCUT2D eigenvalue weighted by molar-refractivity contribution is -0.143. The van der Waals surface area contributed by atoms with E-state index in [1.807, 2.05) is 0 Å². The molecule has 1 heterocycles. The lowest BCUT2D eigenvalue weighted by atomic mass is 10.2. The molecular formula is C16H14BrNO5S. The van der Waals surface area contributed by atoms with Gasteiger partial charge in [-0.05, 0) is 36.0 Å². The van der Waals surface area contributed by atoms with Crippen molar-refractivity contribution < 1.29 is 23.9 Å². The molecule has 1 aliphatic rings. The van der Waals surface area contributed by atoms with Crippen LogP contribution < -0.4 is 4.74 Å². The number of amides is 2. The summed E-state index contributed by atoms with van der Waals surface area (Å²) in [7, 11) is 1.20. The number of thioether (sulfide) groups is 1. The summed E-state index contributed by atoms with van der Waals surface area (Å²) in [6, 6.07) is 5.32. The number of rotatable bonds is 6. The standard InChI is InChI=1S/C16H14BrNO5S/c1-3-6-23-12-5-4-11(17)7-10(12)8-13-15(20)18(16(21)24-13)9-14(19)22-2/h3-5,7-8H,1,6,9H2,2H3/b13-8-. The minimum absolute atomic E-state index is 0.213. The van der Waals surface area contributed by atoms with Crippen molar-refractivity contribution >= 4 is 50.9 Å². The third-order valence-corrected chi connectivity index (χ3v) is 4.40. The summed E-state index contributed by atoms with van der Waals surface area (Å²) in [5, 5.41) is -0.514. The molecule has 0 saturated carbocycles. The maximum atomic E-state index is 12.3. The quantitative estimate of drug-likeness (QED) is 0.406. The third-order valence-electron chi connectivity index (χ3n) is 3.00. The monoisotopic (exact) mass is 411 g/mol. The fourth-order valence-electron chi connectivity index (χ4n) is 1.88. The first kappa shape index (κ1) is 18.3. The first-order valence-electron chi connectivity index (χ1n) is 6.81. The summed E-state index contributed by atoms with van der Waals surface area (Å²) < 4.78 is 10.8. The van der Waals surface area contributed by atoms with Crippen molar-refractivity contribution in [2.75, 3.05) is 20.3 Å². The fraction of sp³-hybridized carbons (Fsp3) is 0.188. The lowest BCUT2D eigenvalue weighted by Crippen LogP contribution is -2.34. The van der Waals surface area contributed by atoms with E-state index >= 15 is 0 Å². The number of benzene rings is 1. The number of nitrogens with zero attached hydrogens (tertiary/aromatic N) is 1. The van der Waals surface area contributed by atoms with Crippen LogP contribution in [0.2, 0.25) is 0 Å². The highest BCUT2D eigenvalue weighted by Crippen LogP contribution is 2.34. The Labute approximate surface area is 151 Å². The lowest BCUT2D eigenvalue weighted by Gasteiger charge is -2.10. The molecule has 0 unspecified atom stereocenters. The van der Waals surface area contributed by atoms with Gasteiger partial charge in [-0.25, -0.2) is 0 Å². The molecule has 0 bridgehead atoms. The molecule has 6 nitrogen and oxygen atoms in total. The molecule has 0 spiro atoms. The predicted octanol–water partition coefficient (Wildman–Crippen LogP) is 3.22. The van der Waals surface area contributed by atoms with E-state index in [1.54, 1.807) is 30.4 Å². The normalized spacial score (nSPS) is 15.8. The van der Waals surface area contributed by atoms with Crippen LogP contribution >= 0.6 is 27.7 Å². The maximum absolute atomic E-state index is 12.3. The zero-order valence-electron chi connectivity index (χ0n) is 12.8. The van der Waals surface area contributed by atoms with E-state index in [2.05, 4.69) is 27.2 Å². The Morgan fingerprint density at radius 3 is 2.83 bits per heavy atom. The van der Waals surface area contributed by atoms with Crippen LogP contribution in [0, 0.1) is 0 Å². The molecule has 1 aromatic rings. The summed E-state index contributed by atoms with van der Waals surface area (Å²) in [6.07, 6.45) is 3.17. The highest BCUT2D eigenvalue weighted by atomic mass is 79.9. The number of hydrogen-bond donors (Lipinski definition) is 0. The van der Waals surface area contributed by atoms with Crippen LogP contribution in [0.5, 0.6) is 5.75 Å². The molecule has 1 fully saturated rings. The van der Waals surface area contributed by atoms with Crippen molar-refractivity contribution in [3.8, 4) is 5.75 Å². The largest absolute Gasteiger partial charge is 0.489 e. The van der Waals surface area contributed by atoms with E-state index < -0.39 is 23.7 Å². The highest BCUT2D eigenvalue weighted by molar-refractivity contribution is 9.10. The van der Waals surface area contributed by atoms with E-state index in [9.17, 15) is 14.4 Å². The molecule has 126 valence electrons. The molecule has 2 rings (SSSR count). The molecule has 8 heteroatoms. The average Bonchev–Trinajstić information content (AvgIpc) is 2.81. The van der Waals surface area contributed by atoms with Gasteiger partial charge in [-0.15, -0.1) is 0 Å². The number of halogens is 1. The van der Waals surface area contributed by atoms with Crippen molar-refractivity contribution in [1.82, 2.24) is 4.90 Å². The van der Waals surface area contributed by atoms with Gasteiger partial charge >= 0.3 is 5.97 Å². The molecule has 0 N–H and O–H groups in total. The molecule has 0 aliphatic carbocycles. The average molecular weight is 412 g/mol. The van der Waals surface area contributed by atoms with Crippen molar-refractivity contribution in [2.45, 2.75) is 0 Å². The second-order valence-corrected chi connectivity index (χ2v) is 6.53. The number of carbonyl (C=O) groups excluding carboxylic acids is 3. The van der Waals surface area contributed by atoms with E-state index in [4.69, 9.17) is 4.74 Å². The zero-order chi connectivity index (χ0) is 17.7. The van der Waals surface area contributed by atoms with Crippen LogP contribution in [0.4, 0.5) is 4.79 Å². The molecule has 0 atom stereocenters. The second-order valence-electron chi connectivity index (χ2n) is 4.63. The van der Waals surface area contributed by atoms with Crippen molar-refractivity contribution in [3.05, 3.63) is 45.8 Å². The van der Waals surface area contributed by atoms with Gasteiger partial charge in [-0.1, -0.05) is 28.6 Å². The Balaban J connectivity index is 2.30. The third kappa shape index (κ3) is 4.27. The smallest absolute Gasteiger partial charge is 0.325 e. The van der Waals surface area contributed by atoms with Crippen LogP contribution in [-0.4, -0.2) is 42.3 Å². The summed E-state index contributed by atoms with van der Waals surface area (Å²) in [4.78, 5) is 36.6. The van der Waals surface area contributed by atoms with Crippen LogP contribution in [0.15, 0.2) is 40.2 Å². The van der Waals surface area contributed by atoms with Crippen molar-refractivity contribution in [2.24, 2.45) is 0 Å². The summed E-state index contributed by atoms with van der Waals surface area (Å²) in [5.41, 5.74) is 0.634. The Morgan fingerprint density at radius 2 is 2.17 bits per heavy atom. The fourth-order valence-corrected chi connectivity index (χ4v) is 3.09.